The molecule has 1 aromatic carbocycles. The molecule has 0 atom stereocenters. The summed E-state index contributed by atoms with van der Waals surface area (Å²) in [4.78, 5) is 21.7. The van der Waals surface area contributed by atoms with Crippen LogP contribution >= 0.6 is 11.6 Å². The number of carboxylic acid groups (broad SMARTS) is 1. The molecule has 8 heteroatoms. The molecule has 104 valence electrons. The molecular formula is C11H12ClNO5S. The van der Waals surface area contributed by atoms with Crippen LogP contribution < -0.4 is 5.32 Å². The van der Waals surface area contributed by atoms with E-state index in [1.165, 1.54) is 0 Å². The predicted molar refractivity (Wildman–Crippen MR) is 69.6 cm³/mol. The first-order valence-corrected chi connectivity index (χ1v) is 7.42. The first kappa shape index (κ1) is 15.5. The summed E-state index contributed by atoms with van der Waals surface area (Å²) in [5, 5.41) is 11.2. The Hall–Kier alpha value is -1.60. The first-order chi connectivity index (χ1) is 8.80. The van der Waals surface area contributed by atoms with Crippen molar-refractivity contribution in [3.8, 4) is 0 Å². The van der Waals surface area contributed by atoms with Crippen LogP contribution in [0.4, 0.5) is 0 Å². The van der Waals surface area contributed by atoms with Crippen LogP contribution in [-0.2, 0) is 26.0 Å². The van der Waals surface area contributed by atoms with E-state index in [1.54, 1.807) is 24.3 Å². The van der Waals surface area contributed by atoms with Gasteiger partial charge in [-0.3, -0.25) is 9.59 Å². The number of rotatable bonds is 6. The molecule has 2 N–H and O–H groups in total. The third-order valence-corrected chi connectivity index (χ3v) is 3.89. The molecule has 0 aliphatic heterocycles. The minimum Gasteiger partial charge on any atom is -0.480 e. The van der Waals surface area contributed by atoms with E-state index in [1.807, 2.05) is 0 Å². The van der Waals surface area contributed by atoms with E-state index >= 15 is 0 Å². The summed E-state index contributed by atoms with van der Waals surface area (Å²) < 4.78 is 22.5. The summed E-state index contributed by atoms with van der Waals surface area (Å²) in [5.41, 5.74) is 0.646. The maximum Gasteiger partial charge on any atom is 0.318 e. The van der Waals surface area contributed by atoms with Crippen molar-refractivity contribution in [1.29, 1.82) is 0 Å². The van der Waals surface area contributed by atoms with Gasteiger partial charge in [0.15, 0.2) is 9.84 Å². The first-order valence-electron chi connectivity index (χ1n) is 5.22. The number of sulfone groups is 1. The molecular weight excluding hydrogens is 294 g/mol. The van der Waals surface area contributed by atoms with Gasteiger partial charge < -0.3 is 10.4 Å². The Labute approximate surface area is 115 Å². The minimum absolute atomic E-state index is 0.0844. The molecule has 0 saturated heterocycles. The lowest BCUT2D eigenvalue weighted by Gasteiger charge is -2.06. The normalized spacial score (nSPS) is 11.0. The quantitative estimate of drug-likeness (QED) is 0.795. The molecule has 1 aromatic rings. The van der Waals surface area contributed by atoms with Crippen molar-refractivity contribution in [2.24, 2.45) is 0 Å². The molecule has 0 aliphatic rings. The number of carbonyl (C=O) groups excluding carboxylic acids is 1. The van der Waals surface area contributed by atoms with E-state index < -0.39 is 33.2 Å². The van der Waals surface area contributed by atoms with Crippen LogP contribution in [0, 0.1) is 0 Å². The van der Waals surface area contributed by atoms with Gasteiger partial charge in [-0.25, -0.2) is 8.42 Å². The smallest absolute Gasteiger partial charge is 0.318 e. The fourth-order valence-corrected chi connectivity index (χ4v) is 2.51. The lowest BCUT2D eigenvalue weighted by Crippen LogP contribution is -2.32. The van der Waals surface area contributed by atoms with Crippen molar-refractivity contribution in [3.63, 3.8) is 0 Å². The van der Waals surface area contributed by atoms with Crippen LogP contribution in [0.1, 0.15) is 5.56 Å². The minimum atomic E-state index is -3.94. The van der Waals surface area contributed by atoms with Gasteiger partial charge in [0.25, 0.3) is 0 Å². The average Bonchev–Trinajstić information content (AvgIpc) is 2.25. The van der Waals surface area contributed by atoms with Gasteiger partial charge >= 0.3 is 5.97 Å². The number of carbonyl (C=O) groups is 2. The maximum atomic E-state index is 11.4. The number of amides is 1. The summed E-state index contributed by atoms with van der Waals surface area (Å²) in [6.07, 6.45) is 0. The Morgan fingerprint density at radius 1 is 1.21 bits per heavy atom. The van der Waals surface area contributed by atoms with E-state index in [2.05, 4.69) is 5.32 Å². The number of halogens is 1. The summed E-state index contributed by atoms with van der Waals surface area (Å²) in [5.74, 6) is -4.17. The summed E-state index contributed by atoms with van der Waals surface area (Å²) in [6, 6.07) is 6.79. The van der Waals surface area contributed by atoms with E-state index in [0.29, 0.717) is 10.6 Å². The molecule has 0 spiro atoms. The van der Waals surface area contributed by atoms with Crippen molar-refractivity contribution in [3.05, 3.63) is 34.9 Å². The summed E-state index contributed by atoms with van der Waals surface area (Å²) in [6.45, 7) is 0.0844. The van der Waals surface area contributed by atoms with Gasteiger partial charge in [-0.15, -0.1) is 0 Å². The molecule has 1 amide bonds. The highest BCUT2D eigenvalue weighted by Gasteiger charge is 2.20. The van der Waals surface area contributed by atoms with Gasteiger partial charge in [0.05, 0.1) is 0 Å². The molecule has 1 rings (SSSR count). The van der Waals surface area contributed by atoms with Crippen LogP contribution in [0.5, 0.6) is 0 Å². The lowest BCUT2D eigenvalue weighted by atomic mass is 10.2. The Morgan fingerprint density at radius 3 is 2.42 bits per heavy atom. The molecule has 0 aromatic heterocycles. The van der Waals surface area contributed by atoms with Gasteiger partial charge in [-0.05, 0) is 11.6 Å². The molecule has 0 bridgehead atoms. The predicted octanol–water partition coefficient (Wildman–Crippen LogP) is 0.456. The highest BCUT2D eigenvalue weighted by atomic mass is 35.5. The van der Waals surface area contributed by atoms with Crippen LogP contribution in [0.3, 0.4) is 0 Å². The number of nitrogens with one attached hydrogen (secondary N) is 1. The second kappa shape index (κ2) is 6.53. The topological polar surface area (TPSA) is 101 Å². The van der Waals surface area contributed by atoms with Crippen LogP contribution in [0.15, 0.2) is 24.3 Å². The highest BCUT2D eigenvalue weighted by molar-refractivity contribution is 7.92. The van der Waals surface area contributed by atoms with Gasteiger partial charge in [0, 0.05) is 11.6 Å². The van der Waals surface area contributed by atoms with Crippen molar-refractivity contribution in [2.45, 2.75) is 6.54 Å². The second-order valence-corrected chi connectivity index (χ2v) is 6.27. The molecule has 0 saturated carbocycles. The van der Waals surface area contributed by atoms with E-state index in [9.17, 15) is 18.0 Å². The van der Waals surface area contributed by atoms with Crippen LogP contribution in [-0.4, -0.2) is 36.9 Å². The lowest BCUT2D eigenvalue weighted by molar-refractivity contribution is -0.134. The third-order valence-electron chi connectivity index (χ3n) is 2.13. The van der Waals surface area contributed by atoms with Crippen molar-refractivity contribution < 1.29 is 23.1 Å². The monoisotopic (exact) mass is 305 g/mol. The largest absolute Gasteiger partial charge is 0.480 e. The fourth-order valence-electron chi connectivity index (χ4n) is 1.33. The van der Waals surface area contributed by atoms with Crippen LogP contribution in [0.2, 0.25) is 5.02 Å². The molecule has 6 nitrogen and oxygen atoms in total. The fraction of sp³-hybridized carbons (Fsp3) is 0.273. The number of aliphatic carboxylic acids is 1. The standard InChI is InChI=1S/C11H12ClNO5S/c12-9-4-2-1-3-8(9)5-13-10(14)6-19(17,18)7-11(15)16/h1-4H,5-7H2,(H,13,14)(H,15,16). The molecule has 19 heavy (non-hydrogen) atoms. The molecule has 0 radical (unpaired) electrons. The average molecular weight is 306 g/mol. The van der Waals surface area contributed by atoms with Crippen molar-refractivity contribution in [1.82, 2.24) is 5.32 Å². The maximum absolute atomic E-state index is 11.4. The van der Waals surface area contributed by atoms with Gasteiger partial charge in [0.2, 0.25) is 5.91 Å². The highest BCUT2D eigenvalue weighted by Crippen LogP contribution is 2.14. The van der Waals surface area contributed by atoms with Crippen LogP contribution in [0.25, 0.3) is 0 Å². The van der Waals surface area contributed by atoms with E-state index in [-0.39, 0.29) is 6.54 Å². The zero-order valence-electron chi connectivity index (χ0n) is 9.80. The number of hydrogen-bond acceptors (Lipinski definition) is 4. The van der Waals surface area contributed by atoms with Crippen molar-refractivity contribution >= 4 is 33.3 Å². The zero-order valence-corrected chi connectivity index (χ0v) is 11.4. The third kappa shape index (κ3) is 5.71. The summed E-state index contributed by atoms with van der Waals surface area (Å²) >= 11 is 5.86. The molecule has 0 heterocycles. The van der Waals surface area contributed by atoms with Gasteiger partial charge in [-0.1, -0.05) is 29.8 Å². The van der Waals surface area contributed by atoms with E-state index in [0.717, 1.165) is 0 Å². The summed E-state index contributed by atoms with van der Waals surface area (Å²) in [7, 11) is -3.94. The second-order valence-electron chi connectivity index (χ2n) is 3.79. The number of benzene rings is 1. The van der Waals surface area contributed by atoms with Gasteiger partial charge in [0.1, 0.15) is 11.5 Å². The number of hydrogen-bond donors (Lipinski definition) is 2. The molecule has 0 aliphatic carbocycles. The Balaban J connectivity index is 2.53. The Morgan fingerprint density at radius 2 is 1.84 bits per heavy atom. The molecule has 0 fully saturated rings. The zero-order chi connectivity index (χ0) is 14.5. The molecule has 0 unspecified atom stereocenters. The van der Waals surface area contributed by atoms with Gasteiger partial charge in [-0.2, -0.15) is 0 Å². The van der Waals surface area contributed by atoms with E-state index in [4.69, 9.17) is 16.7 Å². The Kier molecular flexibility index (Phi) is 5.31. The SMILES string of the molecule is O=C(O)CS(=O)(=O)CC(=O)NCc1ccccc1Cl. The number of carboxylic acids is 1. The Bertz CT molecular complexity index is 585. The van der Waals surface area contributed by atoms with Crippen molar-refractivity contribution in [2.75, 3.05) is 11.5 Å².